The summed E-state index contributed by atoms with van der Waals surface area (Å²) in [5, 5.41) is 0. The average molecular weight is 265 g/mol. The minimum absolute atomic E-state index is 0.0292. The van der Waals surface area contributed by atoms with Crippen LogP contribution >= 0.6 is 0 Å². The Morgan fingerprint density at radius 2 is 2.11 bits per heavy atom. The summed E-state index contributed by atoms with van der Waals surface area (Å²) in [6.45, 7) is 1.62. The number of aromatic nitrogens is 2. The lowest BCUT2D eigenvalue weighted by atomic mass is 10.3. The van der Waals surface area contributed by atoms with Crippen molar-refractivity contribution in [3.63, 3.8) is 0 Å². The number of imidazole rings is 1. The van der Waals surface area contributed by atoms with Crippen LogP contribution in [-0.2, 0) is 11.3 Å². The van der Waals surface area contributed by atoms with E-state index in [1.54, 1.807) is 6.92 Å². The van der Waals surface area contributed by atoms with E-state index in [4.69, 9.17) is 5.73 Å². The van der Waals surface area contributed by atoms with Gasteiger partial charge in [0.25, 0.3) is 0 Å². The topological polar surface area (TPSA) is 70.1 Å². The van der Waals surface area contributed by atoms with Gasteiger partial charge in [-0.05, 0) is 13.3 Å². The van der Waals surface area contributed by atoms with Crippen molar-refractivity contribution >= 4 is 11.8 Å². The Labute approximate surface area is 102 Å². The fourth-order valence-corrected chi connectivity index (χ4v) is 1.55. The number of ether oxygens (including phenoxy) is 1. The molecule has 1 aromatic rings. The molecule has 0 bridgehead atoms. The van der Waals surface area contributed by atoms with Gasteiger partial charge in [0.1, 0.15) is 11.6 Å². The number of methoxy groups -OCH3 is 1. The number of nitrogen functional groups attached to an aromatic ring is 1. The quantitative estimate of drug-likeness (QED) is 0.844. The standard InChI is InChI=1S/C10H14F3N3O2/c1-6-15-7(9(17)18-2)8(14)16(6)5-3-4-10(11,12)13/h3-5,14H2,1-2H3. The zero-order valence-electron chi connectivity index (χ0n) is 10.0. The number of aryl methyl sites for hydroxylation is 1. The third kappa shape index (κ3) is 3.38. The number of nitrogens with two attached hydrogens (primary N) is 1. The van der Waals surface area contributed by atoms with Crippen LogP contribution in [0.4, 0.5) is 19.0 Å². The second kappa shape index (κ2) is 5.28. The van der Waals surface area contributed by atoms with Crippen LogP contribution in [0.2, 0.25) is 0 Å². The first-order valence-corrected chi connectivity index (χ1v) is 5.24. The summed E-state index contributed by atoms with van der Waals surface area (Å²) < 4.78 is 41.9. The summed E-state index contributed by atoms with van der Waals surface area (Å²) in [6.07, 6.45) is -5.22. The Morgan fingerprint density at radius 3 is 2.61 bits per heavy atom. The highest BCUT2D eigenvalue weighted by Crippen LogP contribution is 2.23. The highest BCUT2D eigenvalue weighted by atomic mass is 19.4. The van der Waals surface area contributed by atoms with E-state index in [1.807, 2.05) is 0 Å². The number of halogens is 3. The van der Waals surface area contributed by atoms with Crippen molar-refractivity contribution < 1.29 is 22.7 Å². The van der Waals surface area contributed by atoms with Crippen LogP contribution in [0, 0.1) is 6.92 Å². The predicted molar refractivity (Wildman–Crippen MR) is 58.0 cm³/mol. The van der Waals surface area contributed by atoms with E-state index in [2.05, 4.69) is 9.72 Å². The molecule has 1 heterocycles. The van der Waals surface area contributed by atoms with Crippen LogP contribution in [0.15, 0.2) is 0 Å². The number of hydrogen-bond acceptors (Lipinski definition) is 4. The molecule has 0 atom stereocenters. The third-order valence-corrected chi connectivity index (χ3v) is 2.42. The molecule has 0 saturated heterocycles. The number of carbonyl (C=O) groups is 1. The van der Waals surface area contributed by atoms with Gasteiger partial charge in [-0.25, -0.2) is 9.78 Å². The van der Waals surface area contributed by atoms with Crippen LogP contribution in [-0.4, -0.2) is 28.8 Å². The van der Waals surface area contributed by atoms with E-state index in [0.29, 0.717) is 5.82 Å². The molecule has 0 unspecified atom stereocenters. The fourth-order valence-electron chi connectivity index (χ4n) is 1.55. The molecule has 1 rings (SSSR count). The van der Waals surface area contributed by atoms with Gasteiger partial charge in [0.2, 0.25) is 0 Å². The molecule has 0 aliphatic heterocycles. The Bertz CT molecular complexity index is 440. The molecule has 0 aromatic carbocycles. The molecule has 2 N–H and O–H groups in total. The van der Waals surface area contributed by atoms with Gasteiger partial charge in [-0.15, -0.1) is 0 Å². The average Bonchev–Trinajstić information content (AvgIpc) is 2.54. The zero-order chi connectivity index (χ0) is 13.9. The summed E-state index contributed by atoms with van der Waals surface area (Å²) in [7, 11) is 1.18. The molecular formula is C10H14F3N3O2. The van der Waals surface area contributed by atoms with E-state index in [9.17, 15) is 18.0 Å². The summed E-state index contributed by atoms with van der Waals surface area (Å²) in [4.78, 5) is 15.2. The molecule has 5 nitrogen and oxygen atoms in total. The molecule has 0 aliphatic rings. The molecule has 18 heavy (non-hydrogen) atoms. The second-order valence-electron chi connectivity index (χ2n) is 3.75. The molecule has 0 aliphatic carbocycles. The van der Waals surface area contributed by atoms with Crippen LogP contribution in [0.5, 0.6) is 0 Å². The van der Waals surface area contributed by atoms with Crippen molar-refractivity contribution in [1.29, 1.82) is 0 Å². The van der Waals surface area contributed by atoms with Gasteiger partial charge in [0.15, 0.2) is 5.69 Å². The summed E-state index contributed by atoms with van der Waals surface area (Å²) in [5.41, 5.74) is 5.58. The summed E-state index contributed by atoms with van der Waals surface area (Å²) in [5.74, 6) is -0.290. The van der Waals surface area contributed by atoms with Crippen LogP contribution in [0.25, 0.3) is 0 Å². The molecule has 0 radical (unpaired) electrons. The molecule has 0 saturated carbocycles. The molecule has 0 fully saturated rings. The Morgan fingerprint density at radius 1 is 1.50 bits per heavy atom. The van der Waals surface area contributed by atoms with Crippen LogP contribution in [0.1, 0.15) is 29.2 Å². The van der Waals surface area contributed by atoms with Crippen molar-refractivity contribution in [2.24, 2.45) is 0 Å². The lowest BCUT2D eigenvalue weighted by molar-refractivity contribution is -0.135. The Balaban J connectivity index is 2.78. The van der Waals surface area contributed by atoms with Crippen molar-refractivity contribution in [3.05, 3.63) is 11.5 Å². The van der Waals surface area contributed by atoms with Crippen LogP contribution in [0.3, 0.4) is 0 Å². The van der Waals surface area contributed by atoms with Crippen molar-refractivity contribution in [2.45, 2.75) is 32.5 Å². The maximum atomic E-state index is 12.0. The Hall–Kier alpha value is -1.73. The lowest BCUT2D eigenvalue weighted by Gasteiger charge is -2.09. The number of carbonyl (C=O) groups excluding carboxylic acids is 1. The monoisotopic (exact) mass is 265 g/mol. The van der Waals surface area contributed by atoms with E-state index in [0.717, 1.165) is 0 Å². The van der Waals surface area contributed by atoms with Crippen molar-refractivity contribution in [3.8, 4) is 0 Å². The molecule has 0 amide bonds. The minimum atomic E-state index is -4.20. The van der Waals surface area contributed by atoms with Crippen molar-refractivity contribution in [1.82, 2.24) is 9.55 Å². The van der Waals surface area contributed by atoms with Gasteiger partial charge in [-0.3, -0.25) is 0 Å². The number of esters is 1. The molecular weight excluding hydrogens is 251 g/mol. The number of hydrogen-bond donors (Lipinski definition) is 1. The summed E-state index contributed by atoms with van der Waals surface area (Å²) >= 11 is 0. The predicted octanol–water partition coefficient (Wildman–Crippen LogP) is 1.90. The number of rotatable bonds is 4. The smallest absolute Gasteiger partial charge is 0.389 e. The van der Waals surface area contributed by atoms with Gasteiger partial charge >= 0.3 is 12.1 Å². The maximum absolute atomic E-state index is 12.0. The maximum Gasteiger partial charge on any atom is 0.389 e. The first-order valence-electron chi connectivity index (χ1n) is 5.24. The van der Waals surface area contributed by atoms with Gasteiger partial charge in [-0.2, -0.15) is 13.2 Å². The normalized spacial score (nSPS) is 11.6. The molecule has 102 valence electrons. The minimum Gasteiger partial charge on any atom is -0.464 e. The van der Waals surface area contributed by atoms with Gasteiger partial charge in [-0.1, -0.05) is 0 Å². The first kappa shape index (κ1) is 14.3. The fraction of sp³-hybridized carbons (Fsp3) is 0.600. The Kier molecular flexibility index (Phi) is 4.20. The zero-order valence-corrected chi connectivity index (χ0v) is 10.0. The van der Waals surface area contributed by atoms with Gasteiger partial charge < -0.3 is 15.0 Å². The van der Waals surface area contributed by atoms with E-state index >= 15 is 0 Å². The second-order valence-corrected chi connectivity index (χ2v) is 3.75. The SMILES string of the molecule is COC(=O)c1nc(C)n(CCCC(F)(F)F)c1N. The first-order chi connectivity index (χ1) is 8.26. The summed E-state index contributed by atoms with van der Waals surface area (Å²) in [6, 6.07) is 0. The number of alkyl halides is 3. The van der Waals surface area contributed by atoms with E-state index < -0.39 is 18.6 Å². The molecule has 1 aromatic heterocycles. The number of anilines is 1. The highest BCUT2D eigenvalue weighted by molar-refractivity contribution is 5.92. The van der Waals surface area contributed by atoms with Crippen LogP contribution < -0.4 is 5.73 Å². The molecule has 0 spiro atoms. The number of nitrogens with zero attached hydrogens (tertiary/aromatic N) is 2. The van der Waals surface area contributed by atoms with E-state index in [-0.39, 0.29) is 24.5 Å². The van der Waals surface area contributed by atoms with Gasteiger partial charge in [0, 0.05) is 13.0 Å². The third-order valence-electron chi connectivity index (χ3n) is 2.42. The largest absolute Gasteiger partial charge is 0.464 e. The highest BCUT2D eigenvalue weighted by Gasteiger charge is 2.27. The van der Waals surface area contributed by atoms with Crippen molar-refractivity contribution in [2.75, 3.05) is 12.8 Å². The van der Waals surface area contributed by atoms with E-state index in [1.165, 1.54) is 11.7 Å². The molecule has 8 heteroatoms. The van der Waals surface area contributed by atoms with Gasteiger partial charge in [0.05, 0.1) is 7.11 Å². The lowest BCUT2D eigenvalue weighted by Crippen LogP contribution is -2.12.